The highest BCUT2D eigenvalue weighted by Gasteiger charge is 2.25. The highest BCUT2D eigenvalue weighted by Crippen LogP contribution is 2.25. The van der Waals surface area contributed by atoms with E-state index in [1.165, 1.54) is 6.20 Å². The first-order chi connectivity index (χ1) is 9.90. The lowest BCUT2D eigenvalue weighted by atomic mass is 10.1. The number of ether oxygens (including phenoxy) is 1. The van der Waals surface area contributed by atoms with Crippen molar-refractivity contribution in [3.05, 3.63) is 36.2 Å². The normalized spacial score (nSPS) is 12.9. The Morgan fingerprint density at radius 2 is 2.00 bits per heavy atom. The van der Waals surface area contributed by atoms with Crippen LogP contribution in [0.15, 0.2) is 24.8 Å². The molecule has 0 bridgehead atoms. The molecule has 114 valence electrons. The van der Waals surface area contributed by atoms with Gasteiger partial charge in [-0.25, -0.2) is 9.78 Å². The number of carbonyl (C=O) groups is 1. The zero-order chi connectivity index (χ0) is 15.6. The van der Waals surface area contributed by atoms with E-state index in [4.69, 9.17) is 4.74 Å². The molecule has 2 aromatic heterocycles. The Morgan fingerprint density at radius 3 is 2.48 bits per heavy atom. The van der Waals surface area contributed by atoms with Gasteiger partial charge in [0, 0.05) is 31.7 Å². The highest BCUT2D eigenvalue weighted by atomic mass is 16.5. The Morgan fingerprint density at radius 1 is 1.29 bits per heavy atom. The van der Waals surface area contributed by atoms with Crippen LogP contribution in [-0.2, 0) is 11.8 Å². The molecular weight excluding hydrogens is 268 g/mol. The smallest absolute Gasteiger partial charge is 0.342 e. The van der Waals surface area contributed by atoms with Gasteiger partial charge in [-0.2, -0.15) is 5.10 Å². The van der Waals surface area contributed by atoms with E-state index < -0.39 is 0 Å². The van der Waals surface area contributed by atoms with Gasteiger partial charge in [0.2, 0.25) is 0 Å². The first-order valence-electron chi connectivity index (χ1n) is 7.12. The molecule has 6 heteroatoms. The van der Waals surface area contributed by atoms with Crippen molar-refractivity contribution in [2.24, 2.45) is 13.0 Å². The molecule has 0 fully saturated rings. The fraction of sp³-hybridized carbons (Fsp3) is 0.533. The number of carbonyl (C=O) groups excluding carboxylic acids is 1. The molecule has 2 aromatic rings. The largest absolute Gasteiger partial charge is 0.450 e. The first-order valence-corrected chi connectivity index (χ1v) is 7.12. The number of rotatable bonds is 5. The molecule has 2 rings (SSSR count). The van der Waals surface area contributed by atoms with Crippen LogP contribution in [0.1, 0.15) is 56.0 Å². The SMILES string of the molecule is CC(C)[C@H](OC(=O)c1cnn(C(C)C)c1)c1nccn1C. The first kappa shape index (κ1) is 15.3. The number of aryl methyl sites for hydroxylation is 1. The molecule has 6 nitrogen and oxygen atoms in total. The van der Waals surface area contributed by atoms with Gasteiger partial charge in [-0.05, 0) is 19.8 Å². The number of nitrogens with zero attached hydrogens (tertiary/aromatic N) is 4. The molecule has 0 aliphatic rings. The topological polar surface area (TPSA) is 61.9 Å². The second-order valence-electron chi connectivity index (χ2n) is 5.77. The minimum absolute atomic E-state index is 0.134. The van der Waals surface area contributed by atoms with E-state index >= 15 is 0 Å². The molecule has 0 saturated carbocycles. The lowest BCUT2D eigenvalue weighted by molar-refractivity contribution is 0.0142. The predicted molar refractivity (Wildman–Crippen MR) is 78.8 cm³/mol. The average Bonchev–Trinajstić information content (AvgIpc) is 3.04. The quantitative estimate of drug-likeness (QED) is 0.794. The lowest BCUT2D eigenvalue weighted by Crippen LogP contribution is -2.19. The molecule has 0 N–H and O–H groups in total. The van der Waals surface area contributed by atoms with Crippen molar-refractivity contribution in [3.63, 3.8) is 0 Å². The van der Waals surface area contributed by atoms with E-state index in [1.54, 1.807) is 17.1 Å². The summed E-state index contributed by atoms with van der Waals surface area (Å²) in [6.45, 7) is 8.02. The Kier molecular flexibility index (Phi) is 4.45. The standard InChI is InChI=1S/C15H22N4O2/c1-10(2)13(14-16-6-7-18(14)5)21-15(20)12-8-17-19(9-12)11(3)4/h6-11,13H,1-5H3/t13-/m0/s1. The Hall–Kier alpha value is -2.11. The van der Waals surface area contributed by atoms with Crippen LogP contribution in [0.4, 0.5) is 0 Å². The van der Waals surface area contributed by atoms with Crippen molar-refractivity contribution in [1.82, 2.24) is 19.3 Å². The van der Waals surface area contributed by atoms with Gasteiger partial charge in [-0.15, -0.1) is 0 Å². The van der Waals surface area contributed by atoms with Gasteiger partial charge in [0.15, 0.2) is 6.10 Å². The third kappa shape index (κ3) is 3.32. The van der Waals surface area contributed by atoms with Crippen LogP contribution in [0.25, 0.3) is 0 Å². The summed E-state index contributed by atoms with van der Waals surface area (Å²) in [5.74, 6) is 0.508. The van der Waals surface area contributed by atoms with E-state index in [1.807, 2.05) is 45.5 Å². The Balaban J connectivity index is 2.17. The van der Waals surface area contributed by atoms with Crippen molar-refractivity contribution in [3.8, 4) is 0 Å². The summed E-state index contributed by atoms with van der Waals surface area (Å²) < 4.78 is 9.25. The van der Waals surface area contributed by atoms with Gasteiger partial charge in [-0.1, -0.05) is 13.8 Å². The molecule has 0 aliphatic heterocycles. The number of esters is 1. The maximum absolute atomic E-state index is 12.3. The van der Waals surface area contributed by atoms with Crippen LogP contribution in [0.2, 0.25) is 0 Å². The molecule has 0 aliphatic carbocycles. The van der Waals surface area contributed by atoms with Crippen LogP contribution < -0.4 is 0 Å². The summed E-state index contributed by atoms with van der Waals surface area (Å²) in [6.07, 6.45) is 6.42. The van der Waals surface area contributed by atoms with Crippen LogP contribution in [0.5, 0.6) is 0 Å². The summed E-state index contributed by atoms with van der Waals surface area (Å²) in [7, 11) is 1.89. The van der Waals surface area contributed by atoms with Crippen molar-refractivity contribution in [1.29, 1.82) is 0 Å². The van der Waals surface area contributed by atoms with E-state index in [0.29, 0.717) is 5.56 Å². The van der Waals surface area contributed by atoms with Crippen molar-refractivity contribution >= 4 is 5.97 Å². The average molecular weight is 290 g/mol. The lowest BCUT2D eigenvalue weighted by Gasteiger charge is -2.20. The zero-order valence-corrected chi connectivity index (χ0v) is 13.1. The third-order valence-electron chi connectivity index (χ3n) is 3.32. The van der Waals surface area contributed by atoms with Crippen LogP contribution in [0, 0.1) is 5.92 Å². The maximum Gasteiger partial charge on any atom is 0.342 e. The summed E-state index contributed by atoms with van der Waals surface area (Å²) in [5, 5.41) is 4.16. The highest BCUT2D eigenvalue weighted by molar-refractivity contribution is 5.88. The van der Waals surface area contributed by atoms with Crippen molar-refractivity contribution in [2.75, 3.05) is 0 Å². The van der Waals surface area contributed by atoms with Gasteiger partial charge in [0.1, 0.15) is 5.82 Å². The third-order valence-corrected chi connectivity index (χ3v) is 3.32. The van der Waals surface area contributed by atoms with Crippen molar-refractivity contribution < 1.29 is 9.53 Å². The summed E-state index contributed by atoms with van der Waals surface area (Å²) in [5.41, 5.74) is 0.462. The molecule has 0 radical (unpaired) electrons. The van der Waals surface area contributed by atoms with Crippen LogP contribution >= 0.6 is 0 Å². The number of aromatic nitrogens is 4. The maximum atomic E-state index is 12.3. The molecule has 0 saturated heterocycles. The molecule has 1 atom stereocenters. The van der Waals surface area contributed by atoms with E-state index in [9.17, 15) is 4.79 Å². The van der Waals surface area contributed by atoms with Gasteiger partial charge >= 0.3 is 5.97 Å². The second-order valence-corrected chi connectivity index (χ2v) is 5.77. The van der Waals surface area contributed by atoms with E-state index in [2.05, 4.69) is 10.1 Å². The fourth-order valence-corrected chi connectivity index (χ4v) is 2.05. The number of hydrogen-bond acceptors (Lipinski definition) is 4. The number of hydrogen-bond donors (Lipinski definition) is 0. The zero-order valence-electron chi connectivity index (χ0n) is 13.1. The van der Waals surface area contributed by atoms with Crippen LogP contribution in [0.3, 0.4) is 0 Å². The predicted octanol–water partition coefficient (Wildman–Crippen LogP) is 2.75. The number of imidazole rings is 1. The minimum Gasteiger partial charge on any atom is -0.450 e. The molecule has 0 aromatic carbocycles. The van der Waals surface area contributed by atoms with Crippen LogP contribution in [-0.4, -0.2) is 25.3 Å². The summed E-state index contributed by atoms with van der Waals surface area (Å²) in [4.78, 5) is 16.6. The van der Waals surface area contributed by atoms with Gasteiger partial charge in [-0.3, -0.25) is 4.68 Å². The fourth-order valence-electron chi connectivity index (χ4n) is 2.05. The molecule has 0 spiro atoms. The molecule has 0 amide bonds. The molecule has 0 unspecified atom stereocenters. The second kappa shape index (κ2) is 6.11. The molecular formula is C15H22N4O2. The monoisotopic (exact) mass is 290 g/mol. The van der Waals surface area contributed by atoms with E-state index in [-0.39, 0.29) is 24.0 Å². The Bertz CT molecular complexity index is 613. The summed E-state index contributed by atoms with van der Waals surface area (Å²) in [6, 6.07) is 0.210. The molecule has 2 heterocycles. The van der Waals surface area contributed by atoms with Gasteiger partial charge in [0.05, 0.1) is 11.8 Å². The van der Waals surface area contributed by atoms with Crippen molar-refractivity contribution in [2.45, 2.75) is 39.8 Å². The Labute approximate surface area is 124 Å². The minimum atomic E-state index is -0.375. The summed E-state index contributed by atoms with van der Waals surface area (Å²) >= 11 is 0. The molecule has 21 heavy (non-hydrogen) atoms. The van der Waals surface area contributed by atoms with Gasteiger partial charge in [0.25, 0.3) is 0 Å². The van der Waals surface area contributed by atoms with Gasteiger partial charge < -0.3 is 9.30 Å². The van der Waals surface area contributed by atoms with E-state index in [0.717, 1.165) is 5.82 Å².